The Labute approximate surface area is 127 Å². The molecule has 3 aromatic rings. The summed E-state index contributed by atoms with van der Waals surface area (Å²) < 4.78 is 0. The summed E-state index contributed by atoms with van der Waals surface area (Å²) >= 11 is 0. The van der Waals surface area contributed by atoms with E-state index in [0.29, 0.717) is 11.7 Å². The number of rotatable bonds is 2. The van der Waals surface area contributed by atoms with Crippen molar-refractivity contribution in [3.05, 3.63) is 36.2 Å². The zero-order chi connectivity index (χ0) is 15.1. The van der Waals surface area contributed by atoms with E-state index >= 15 is 0 Å². The molecule has 0 radical (unpaired) electrons. The summed E-state index contributed by atoms with van der Waals surface area (Å²) in [5, 5.41) is 17.4. The van der Waals surface area contributed by atoms with Gasteiger partial charge in [-0.1, -0.05) is 0 Å². The van der Waals surface area contributed by atoms with Crippen LogP contribution in [-0.4, -0.2) is 31.3 Å². The zero-order valence-corrected chi connectivity index (χ0v) is 12.0. The number of aromatic amines is 1. The van der Waals surface area contributed by atoms with E-state index in [-0.39, 0.29) is 11.8 Å². The maximum Gasteiger partial charge on any atom is 0.161 e. The number of nitrogens with one attached hydrogen (secondary N) is 1. The second-order valence-corrected chi connectivity index (χ2v) is 5.88. The van der Waals surface area contributed by atoms with E-state index in [1.807, 2.05) is 12.1 Å². The van der Waals surface area contributed by atoms with Crippen LogP contribution in [-0.2, 0) is 0 Å². The highest BCUT2D eigenvalue weighted by Gasteiger charge is 2.27. The Morgan fingerprint density at radius 3 is 2.68 bits per heavy atom. The zero-order valence-electron chi connectivity index (χ0n) is 12.0. The Kier molecular flexibility index (Phi) is 3.04. The van der Waals surface area contributed by atoms with Gasteiger partial charge in [0.1, 0.15) is 5.75 Å². The molecule has 6 heteroatoms. The number of hydrogen-bond donors (Lipinski definition) is 3. The van der Waals surface area contributed by atoms with Gasteiger partial charge in [-0.2, -0.15) is 5.10 Å². The van der Waals surface area contributed by atoms with E-state index in [1.165, 1.54) is 0 Å². The Morgan fingerprint density at radius 1 is 1.14 bits per heavy atom. The van der Waals surface area contributed by atoms with Crippen molar-refractivity contribution in [2.45, 2.75) is 31.2 Å². The minimum atomic E-state index is 0.230. The first-order chi connectivity index (χ1) is 10.7. The molecule has 1 saturated carbocycles. The summed E-state index contributed by atoms with van der Waals surface area (Å²) in [5.74, 6) is 1.23. The number of fused-ring (bicyclic) bond motifs is 1. The molecule has 1 aromatic carbocycles. The van der Waals surface area contributed by atoms with Gasteiger partial charge in [0.15, 0.2) is 11.5 Å². The van der Waals surface area contributed by atoms with Gasteiger partial charge in [0.2, 0.25) is 0 Å². The minimum Gasteiger partial charge on any atom is -0.508 e. The van der Waals surface area contributed by atoms with Crippen LogP contribution in [0.1, 0.15) is 30.9 Å². The molecule has 22 heavy (non-hydrogen) atoms. The van der Waals surface area contributed by atoms with Gasteiger partial charge >= 0.3 is 0 Å². The van der Waals surface area contributed by atoms with Gasteiger partial charge < -0.3 is 10.8 Å². The lowest BCUT2D eigenvalue weighted by molar-refractivity contribution is 0.475. The lowest BCUT2D eigenvalue weighted by atomic mass is 10.0. The average Bonchev–Trinajstić information content (AvgIpc) is 3.15. The van der Waals surface area contributed by atoms with Crippen LogP contribution in [0.3, 0.4) is 0 Å². The lowest BCUT2D eigenvalue weighted by Crippen LogP contribution is -2.14. The maximum atomic E-state index is 9.43. The smallest absolute Gasteiger partial charge is 0.161 e. The van der Waals surface area contributed by atoms with Crippen molar-refractivity contribution in [2.75, 3.05) is 0 Å². The van der Waals surface area contributed by atoms with Crippen molar-refractivity contribution in [1.82, 2.24) is 20.2 Å². The van der Waals surface area contributed by atoms with E-state index in [1.54, 1.807) is 18.3 Å². The number of nitrogens with two attached hydrogens (primary N) is 1. The summed E-state index contributed by atoms with van der Waals surface area (Å²) in [7, 11) is 0. The minimum absolute atomic E-state index is 0.230. The van der Waals surface area contributed by atoms with Gasteiger partial charge in [-0.15, -0.1) is 0 Å². The molecule has 0 spiro atoms. The van der Waals surface area contributed by atoms with Crippen LogP contribution < -0.4 is 5.73 Å². The number of nitrogens with zero attached hydrogens (tertiary/aromatic N) is 3. The Hall–Kier alpha value is -2.47. The standard InChI is InChI=1S/C16H17N5O/c17-11-4-1-10(7-11)14-13-8-18-21-16(13)20-15(19-14)9-2-5-12(22)6-3-9/h2-3,5-6,8,10-11,22H,1,4,7,17H2,(H,18,19,20,21). The predicted molar refractivity (Wildman–Crippen MR) is 83.4 cm³/mol. The second kappa shape index (κ2) is 5.06. The molecule has 1 aliphatic rings. The molecular weight excluding hydrogens is 278 g/mol. The molecule has 0 aliphatic heterocycles. The molecule has 4 N–H and O–H groups in total. The van der Waals surface area contributed by atoms with Crippen molar-refractivity contribution in [1.29, 1.82) is 0 Å². The molecule has 0 bridgehead atoms. The lowest BCUT2D eigenvalue weighted by Gasteiger charge is -2.12. The van der Waals surface area contributed by atoms with E-state index in [9.17, 15) is 5.11 Å². The number of phenolic OH excluding ortho intramolecular Hbond substituents is 1. The average molecular weight is 295 g/mol. The summed E-state index contributed by atoms with van der Waals surface area (Å²) in [4.78, 5) is 9.33. The molecule has 1 fully saturated rings. The molecule has 6 nitrogen and oxygen atoms in total. The first-order valence-electron chi connectivity index (χ1n) is 7.46. The van der Waals surface area contributed by atoms with Crippen LogP contribution in [0.2, 0.25) is 0 Å². The number of aromatic hydroxyl groups is 1. The molecule has 1 aliphatic carbocycles. The van der Waals surface area contributed by atoms with Crippen LogP contribution in [0.4, 0.5) is 0 Å². The van der Waals surface area contributed by atoms with Gasteiger partial charge in [-0.25, -0.2) is 9.97 Å². The summed E-state index contributed by atoms with van der Waals surface area (Å²) in [6, 6.07) is 7.16. The predicted octanol–water partition coefficient (Wildman–Crippen LogP) is 2.32. The number of hydrogen-bond acceptors (Lipinski definition) is 5. The fourth-order valence-corrected chi connectivity index (χ4v) is 3.17. The van der Waals surface area contributed by atoms with Crippen molar-refractivity contribution >= 4 is 11.0 Å². The van der Waals surface area contributed by atoms with E-state index in [0.717, 1.165) is 41.6 Å². The molecular formula is C16H17N5O. The summed E-state index contributed by atoms with van der Waals surface area (Å²) in [6.07, 6.45) is 4.82. The fourth-order valence-electron chi connectivity index (χ4n) is 3.17. The summed E-state index contributed by atoms with van der Waals surface area (Å²) in [6.45, 7) is 0. The number of benzene rings is 1. The van der Waals surface area contributed by atoms with E-state index < -0.39 is 0 Å². The number of aromatic nitrogens is 4. The van der Waals surface area contributed by atoms with Crippen molar-refractivity contribution in [3.8, 4) is 17.1 Å². The molecule has 4 rings (SSSR count). The van der Waals surface area contributed by atoms with E-state index in [2.05, 4.69) is 15.2 Å². The largest absolute Gasteiger partial charge is 0.508 e. The Balaban J connectivity index is 1.84. The quantitative estimate of drug-likeness (QED) is 0.673. The van der Waals surface area contributed by atoms with Gasteiger partial charge in [-0.05, 0) is 43.5 Å². The molecule has 2 aromatic heterocycles. The highest BCUT2D eigenvalue weighted by Crippen LogP contribution is 2.36. The van der Waals surface area contributed by atoms with Crippen LogP contribution in [0.25, 0.3) is 22.4 Å². The topological polar surface area (TPSA) is 101 Å². The van der Waals surface area contributed by atoms with Crippen molar-refractivity contribution < 1.29 is 5.11 Å². The monoisotopic (exact) mass is 295 g/mol. The van der Waals surface area contributed by atoms with E-state index in [4.69, 9.17) is 10.7 Å². The highest BCUT2D eigenvalue weighted by molar-refractivity contribution is 5.79. The third kappa shape index (κ3) is 2.21. The third-order valence-corrected chi connectivity index (χ3v) is 4.32. The fraction of sp³-hybridized carbons (Fsp3) is 0.312. The second-order valence-electron chi connectivity index (χ2n) is 5.88. The van der Waals surface area contributed by atoms with Gasteiger partial charge in [0.25, 0.3) is 0 Å². The van der Waals surface area contributed by atoms with Gasteiger partial charge in [0.05, 0.1) is 17.3 Å². The molecule has 0 amide bonds. The van der Waals surface area contributed by atoms with Crippen molar-refractivity contribution in [2.24, 2.45) is 5.73 Å². The molecule has 2 heterocycles. The first kappa shape index (κ1) is 13.2. The Morgan fingerprint density at radius 2 is 1.95 bits per heavy atom. The SMILES string of the molecule is NC1CCC(c2nc(-c3ccc(O)cc3)nc3[nH]ncc23)C1. The van der Waals surface area contributed by atoms with Crippen LogP contribution in [0.15, 0.2) is 30.5 Å². The normalized spacial score (nSPS) is 21.5. The number of H-pyrrole nitrogens is 1. The molecule has 2 atom stereocenters. The summed E-state index contributed by atoms with van der Waals surface area (Å²) in [5.41, 5.74) is 8.69. The van der Waals surface area contributed by atoms with Crippen LogP contribution >= 0.6 is 0 Å². The maximum absolute atomic E-state index is 9.43. The van der Waals surface area contributed by atoms with Gasteiger partial charge in [-0.3, -0.25) is 5.10 Å². The molecule has 112 valence electrons. The van der Waals surface area contributed by atoms with Crippen LogP contribution in [0.5, 0.6) is 5.75 Å². The molecule has 0 saturated heterocycles. The van der Waals surface area contributed by atoms with Crippen molar-refractivity contribution in [3.63, 3.8) is 0 Å². The number of phenols is 1. The van der Waals surface area contributed by atoms with Crippen LogP contribution in [0, 0.1) is 0 Å². The first-order valence-corrected chi connectivity index (χ1v) is 7.46. The highest BCUT2D eigenvalue weighted by atomic mass is 16.3. The third-order valence-electron chi connectivity index (χ3n) is 4.32. The van der Waals surface area contributed by atoms with Gasteiger partial charge in [0, 0.05) is 17.5 Å². The Bertz CT molecular complexity index is 811. The molecule has 2 unspecified atom stereocenters.